The molecular weight excluding hydrogens is 310 g/mol. The quantitative estimate of drug-likeness (QED) is 0.509. The lowest BCUT2D eigenvalue weighted by atomic mass is 10.0. The normalized spacial score (nSPS) is 19.8. The molecular formula is C17H17N3O4. The molecule has 2 aromatic carbocycles. The van der Waals surface area contributed by atoms with Gasteiger partial charge in [-0.05, 0) is 18.1 Å². The number of anilines is 1. The Kier molecular flexibility index (Phi) is 4.43. The molecule has 0 saturated carbocycles. The first-order valence-electron chi connectivity index (χ1n) is 7.57. The largest absolute Gasteiger partial charge is 0.398 e. The van der Waals surface area contributed by atoms with E-state index in [4.69, 9.17) is 10.5 Å². The van der Waals surface area contributed by atoms with Crippen molar-refractivity contribution in [1.82, 2.24) is 5.32 Å². The third-order valence-electron chi connectivity index (χ3n) is 4.03. The minimum Gasteiger partial charge on any atom is -0.398 e. The highest BCUT2D eigenvalue weighted by Gasteiger charge is 2.31. The van der Waals surface area contributed by atoms with Crippen LogP contribution in [0.4, 0.5) is 11.4 Å². The number of nitrogen functional groups attached to an aromatic ring is 1. The molecule has 2 atom stereocenters. The Morgan fingerprint density at radius 2 is 2.00 bits per heavy atom. The Bertz CT molecular complexity index is 764. The molecule has 7 heteroatoms. The average molecular weight is 327 g/mol. The molecule has 0 aromatic heterocycles. The molecule has 1 fully saturated rings. The highest BCUT2D eigenvalue weighted by atomic mass is 16.6. The summed E-state index contributed by atoms with van der Waals surface area (Å²) in [5.74, 6) is -0.437. The van der Waals surface area contributed by atoms with Gasteiger partial charge in [-0.25, -0.2) is 0 Å². The Balaban J connectivity index is 1.79. The lowest BCUT2D eigenvalue weighted by Gasteiger charge is -2.20. The van der Waals surface area contributed by atoms with Crippen LogP contribution in [-0.4, -0.2) is 23.5 Å². The molecule has 7 nitrogen and oxygen atoms in total. The van der Waals surface area contributed by atoms with Crippen molar-refractivity contribution in [3.63, 3.8) is 0 Å². The Morgan fingerprint density at radius 3 is 2.71 bits per heavy atom. The van der Waals surface area contributed by atoms with Crippen molar-refractivity contribution in [3.05, 3.63) is 69.8 Å². The number of carbonyl (C=O) groups is 1. The number of amides is 1. The summed E-state index contributed by atoms with van der Waals surface area (Å²) in [7, 11) is 0. The van der Waals surface area contributed by atoms with Crippen LogP contribution in [0.2, 0.25) is 0 Å². The van der Waals surface area contributed by atoms with E-state index in [1.54, 1.807) is 0 Å². The van der Waals surface area contributed by atoms with E-state index in [9.17, 15) is 14.9 Å². The summed E-state index contributed by atoms with van der Waals surface area (Å²) >= 11 is 0. The molecule has 1 saturated heterocycles. The van der Waals surface area contributed by atoms with Gasteiger partial charge in [0.15, 0.2) is 0 Å². The fourth-order valence-corrected chi connectivity index (χ4v) is 2.81. The summed E-state index contributed by atoms with van der Waals surface area (Å²) in [6, 6.07) is 13.2. The number of rotatable bonds is 4. The van der Waals surface area contributed by atoms with Crippen LogP contribution in [0.5, 0.6) is 0 Å². The van der Waals surface area contributed by atoms with E-state index in [0.717, 1.165) is 5.56 Å². The molecule has 2 aromatic rings. The van der Waals surface area contributed by atoms with Gasteiger partial charge < -0.3 is 15.8 Å². The van der Waals surface area contributed by atoms with Crippen LogP contribution in [0.15, 0.2) is 48.5 Å². The molecule has 0 bridgehead atoms. The zero-order chi connectivity index (χ0) is 17.1. The maximum absolute atomic E-state index is 12.5. The SMILES string of the molecule is Nc1ccc([N+](=O)[O-])cc1C(=O)N[C@H]1CCO[C@H]1c1ccccc1. The number of nitrogens with zero attached hydrogens (tertiary/aromatic N) is 1. The van der Waals surface area contributed by atoms with Gasteiger partial charge in [-0.15, -0.1) is 0 Å². The van der Waals surface area contributed by atoms with Crippen LogP contribution in [-0.2, 0) is 4.74 Å². The Hall–Kier alpha value is -2.93. The van der Waals surface area contributed by atoms with Gasteiger partial charge in [-0.3, -0.25) is 14.9 Å². The van der Waals surface area contributed by atoms with Gasteiger partial charge in [-0.1, -0.05) is 30.3 Å². The monoisotopic (exact) mass is 327 g/mol. The van der Waals surface area contributed by atoms with Crippen LogP contribution in [0, 0.1) is 10.1 Å². The van der Waals surface area contributed by atoms with E-state index in [1.807, 2.05) is 30.3 Å². The van der Waals surface area contributed by atoms with Crippen molar-refractivity contribution in [2.45, 2.75) is 18.6 Å². The van der Waals surface area contributed by atoms with E-state index in [2.05, 4.69) is 5.32 Å². The molecule has 0 spiro atoms. The van der Waals surface area contributed by atoms with Gasteiger partial charge in [0.2, 0.25) is 0 Å². The highest BCUT2D eigenvalue weighted by Crippen LogP contribution is 2.29. The minimum absolute atomic E-state index is 0.0999. The first kappa shape index (κ1) is 15.9. The molecule has 1 heterocycles. The molecule has 3 rings (SSSR count). The zero-order valence-corrected chi connectivity index (χ0v) is 12.8. The van der Waals surface area contributed by atoms with Crippen molar-refractivity contribution in [2.24, 2.45) is 0 Å². The first-order chi connectivity index (χ1) is 11.6. The summed E-state index contributed by atoms with van der Waals surface area (Å²) in [5.41, 5.74) is 6.91. The number of carbonyl (C=O) groups excluding carboxylic acids is 1. The van der Waals surface area contributed by atoms with E-state index in [-0.39, 0.29) is 29.1 Å². The number of nitrogens with two attached hydrogens (primary N) is 1. The van der Waals surface area contributed by atoms with Crippen molar-refractivity contribution in [3.8, 4) is 0 Å². The Labute approximate surface area is 138 Å². The van der Waals surface area contributed by atoms with E-state index >= 15 is 0 Å². The van der Waals surface area contributed by atoms with Crippen molar-refractivity contribution >= 4 is 17.3 Å². The molecule has 0 unspecified atom stereocenters. The predicted molar refractivity (Wildman–Crippen MR) is 88.5 cm³/mol. The van der Waals surface area contributed by atoms with E-state index < -0.39 is 10.8 Å². The zero-order valence-electron chi connectivity index (χ0n) is 12.8. The van der Waals surface area contributed by atoms with Crippen LogP contribution in [0.1, 0.15) is 28.4 Å². The molecule has 24 heavy (non-hydrogen) atoms. The number of hydrogen-bond donors (Lipinski definition) is 2. The molecule has 1 amide bonds. The number of hydrogen-bond acceptors (Lipinski definition) is 5. The van der Waals surface area contributed by atoms with Crippen molar-refractivity contribution < 1.29 is 14.5 Å². The molecule has 1 aliphatic rings. The maximum atomic E-state index is 12.5. The van der Waals surface area contributed by atoms with Crippen molar-refractivity contribution in [2.75, 3.05) is 12.3 Å². The summed E-state index contributed by atoms with van der Waals surface area (Å²) < 4.78 is 5.73. The standard InChI is InChI=1S/C17H17N3O4/c18-14-7-6-12(20(22)23)10-13(14)17(21)19-15-8-9-24-16(15)11-4-2-1-3-5-11/h1-7,10,15-16H,8-9,18H2,(H,19,21)/t15-,16-/m0/s1. The van der Waals surface area contributed by atoms with Gasteiger partial charge in [-0.2, -0.15) is 0 Å². The van der Waals surface area contributed by atoms with E-state index in [0.29, 0.717) is 13.0 Å². The number of nitrogens with one attached hydrogen (secondary N) is 1. The van der Waals surface area contributed by atoms with Crippen LogP contribution in [0.25, 0.3) is 0 Å². The molecule has 1 aliphatic heterocycles. The second-order valence-corrected chi connectivity index (χ2v) is 5.60. The molecule has 3 N–H and O–H groups in total. The Morgan fingerprint density at radius 1 is 1.25 bits per heavy atom. The summed E-state index contributed by atoms with van der Waals surface area (Å²) in [6.45, 7) is 0.537. The number of nitro benzene ring substituents is 1. The van der Waals surface area contributed by atoms with Gasteiger partial charge in [0.25, 0.3) is 11.6 Å². The number of ether oxygens (including phenoxy) is 1. The second kappa shape index (κ2) is 6.67. The van der Waals surface area contributed by atoms with Crippen LogP contribution < -0.4 is 11.1 Å². The minimum atomic E-state index is -0.554. The lowest BCUT2D eigenvalue weighted by molar-refractivity contribution is -0.384. The van der Waals surface area contributed by atoms with E-state index in [1.165, 1.54) is 18.2 Å². The summed E-state index contributed by atoms with van der Waals surface area (Å²) in [6.07, 6.45) is 0.426. The molecule has 0 aliphatic carbocycles. The van der Waals surface area contributed by atoms with Gasteiger partial charge in [0, 0.05) is 24.4 Å². The predicted octanol–water partition coefficient (Wildman–Crippen LogP) is 2.44. The third kappa shape index (κ3) is 3.21. The van der Waals surface area contributed by atoms with Gasteiger partial charge >= 0.3 is 0 Å². The second-order valence-electron chi connectivity index (χ2n) is 5.60. The highest BCUT2D eigenvalue weighted by molar-refractivity contribution is 6.00. The number of nitro groups is 1. The summed E-state index contributed by atoms with van der Waals surface area (Å²) in [4.78, 5) is 22.8. The smallest absolute Gasteiger partial charge is 0.270 e. The summed E-state index contributed by atoms with van der Waals surface area (Å²) in [5, 5.41) is 13.8. The fraction of sp³-hybridized carbons (Fsp3) is 0.235. The first-order valence-corrected chi connectivity index (χ1v) is 7.57. The number of benzene rings is 2. The number of non-ortho nitro benzene ring substituents is 1. The average Bonchev–Trinajstić information content (AvgIpc) is 3.03. The van der Waals surface area contributed by atoms with Crippen LogP contribution >= 0.6 is 0 Å². The molecule has 124 valence electrons. The van der Waals surface area contributed by atoms with Gasteiger partial charge in [0.05, 0.1) is 16.5 Å². The fourth-order valence-electron chi connectivity index (χ4n) is 2.81. The molecule has 0 radical (unpaired) electrons. The lowest BCUT2D eigenvalue weighted by Crippen LogP contribution is -2.37. The van der Waals surface area contributed by atoms with Gasteiger partial charge in [0.1, 0.15) is 6.10 Å². The maximum Gasteiger partial charge on any atom is 0.270 e. The topological polar surface area (TPSA) is 107 Å². The van der Waals surface area contributed by atoms with Crippen LogP contribution in [0.3, 0.4) is 0 Å². The third-order valence-corrected chi connectivity index (χ3v) is 4.03. The van der Waals surface area contributed by atoms with Crippen molar-refractivity contribution in [1.29, 1.82) is 0 Å².